The summed E-state index contributed by atoms with van der Waals surface area (Å²) in [6.07, 6.45) is 62.3. The first kappa shape index (κ1) is 124. The monoisotopic (exact) mass is 1770 g/mol. The molecule has 9 unspecified atom stereocenters. The second-order valence-corrected chi connectivity index (χ2v) is 45.9. The maximum absolute atomic E-state index is 5.67. The molecule has 0 aliphatic heterocycles. The van der Waals surface area contributed by atoms with Crippen molar-refractivity contribution in [3.63, 3.8) is 0 Å². The zero-order valence-electron chi connectivity index (χ0n) is 64.9. The topological polar surface area (TPSA) is 98.7 Å². The van der Waals surface area contributed by atoms with Gasteiger partial charge < -0.3 is 66.9 Å². The van der Waals surface area contributed by atoms with Crippen LogP contribution in [0.2, 0.25) is 19.6 Å². The van der Waals surface area contributed by atoms with Crippen molar-refractivity contribution in [2.75, 3.05) is 98.7 Å². The third kappa shape index (κ3) is 78.2. The van der Waals surface area contributed by atoms with Crippen LogP contribution in [0.25, 0.3) is 42.8 Å². The van der Waals surface area contributed by atoms with Gasteiger partial charge in [-0.1, -0.05) is 199 Å². The summed E-state index contributed by atoms with van der Waals surface area (Å²) in [7, 11) is 48.2. The molecular formula is C78H141Cl6N7SiZr4-. The number of nitrogens with zero attached hydrogens (tertiary/aromatic N) is 7. The van der Waals surface area contributed by atoms with E-state index in [0.29, 0.717) is 0 Å². The van der Waals surface area contributed by atoms with Crippen molar-refractivity contribution in [1.29, 1.82) is 0 Å². The molecule has 0 aromatic heterocycles. The molecule has 4 saturated carbocycles. The first-order valence-electron chi connectivity index (χ1n) is 32.2. The Bertz CT molecular complexity index is 1820. The molecule has 96 heavy (non-hydrogen) atoms. The molecule has 8 aliphatic rings. The van der Waals surface area contributed by atoms with Crippen molar-refractivity contribution in [3.05, 3.63) is 232 Å². The van der Waals surface area contributed by atoms with Crippen LogP contribution in [0.1, 0.15) is 127 Å². The normalized spacial score (nSPS) is 20.3. The Morgan fingerprint density at radius 1 is 0.490 bits per heavy atom. The van der Waals surface area contributed by atoms with Crippen LogP contribution in [-0.4, -0.2) is 106 Å². The summed E-state index contributed by atoms with van der Waals surface area (Å²) in [5.41, 5.74) is 4.30. The van der Waals surface area contributed by atoms with Gasteiger partial charge in [-0.25, -0.2) is 0 Å². The van der Waals surface area contributed by atoms with Gasteiger partial charge >= 0.3 is 134 Å². The summed E-state index contributed by atoms with van der Waals surface area (Å²) in [4.78, 5) is 0. The molecule has 0 spiro atoms. The quantitative estimate of drug-likeness (QED) is 0.0913. The molecule has 0 amide bonds. The van der Waals surface area contributed by atoms with E-state index < -0.39 is 46.4 Å². The molecule has 0 N–H and O–H groups in total. The van der Waals surface area contributed by atoms with Gasteiger partial charge in [0, 0.05) is 0 Å². The minimum Gasteiger partial charge on any atom is 4.00 e. The van der Waals surface area contributed by atoms with Crippen molar-refractivity contribution in [2.45, 2.75) is 142 Å². The van der Waals surface area contributed by atoms with E-state index in [1.165, 1.54) is 119 Å². The van der Waals surface area contributed by atoms with E-state index in [-0.39, 0.29) is 82.1 Å². The van der Waals surface area contributed by atoms with Crippen molar-refractivity contribution in [1.82, 2.24) is 0 Å². The van der Waals surface area contributed by atoms with Gasteiger partial charge in [0.25, 0.3) is 0 Å². The van der Waals surface area contributed by atoms with Crippen molar-refractivity contribution < 1.29 is 91.4 Å². The number of hydrogen-bond acceptors (Lipinski definition) is 0. The van der Waals surface area contributed by atoms with Crippen LogP contribution in [0, 0.1) is 88.9 Å². The number of hydrogen-bond donors (Lipinski definition) is 0. The van der Waals surface area contributed by atoms with Crippen LogP contribution in [0.15, 0.2) is 154 Å². The van der Waals surface area contributed by atoms with Gasteiger partial charge in [0.05, 0.1) is 0 Å². The number of fused-ring (bicyclic) bond motifs is 4. The Hall–Kier alpha value is 1.57. The standard InChI is InChI=1S/3C12H16.C12H12.C9H18.C3H9ClSi.7C2H6N.4CH3.5ClH.4Zr/c4*1-2-5-10-8-9-11-6-3-4-7-12(10)11;1-2-3-6-9-7-4-5-8-9;1-5(2,3)4;7*1-3-2;;;;;;;;;;;;;/h3*2-4,6-7,10-12H,1,5,8-9H2;2-4,6-8H,1,5,9H2;9H,2-8H2,1H3;1-3H3;7*1-2H3;4*1H3;5*1H;;;;/q;;;;;;11*-1;;;;;;+3;3*+4/p-5. The summed E-state index contributed by atoms with van der Waals surface area (Å²) >= 11 is 2.72. The van der Waals surface area contributed by atoms with E-state index >= 15 is 0 Å². The predicted octanol–water partition coefficient (Wildman–Crippen LogP) is 28.2. The minimum absolute atomic E-state index is 0. The van der Waals surface area contributed by atoms with Crippen LogP contribution in [0.4, 0.5) is 0 Å². The molecular weight excluding hydrogens is 1640 g/mol. The van der Waals surface area contributed by atoms with Crippen LogP contribution in [-0.2, 0) is 97.8 Å². The third-order valence-corrected chi connectivity index (χ3v) is 14.3. The number of rotatable bonds is 11. The molecule has 0 heterocycles. The van der Waals surface area contributed by atoms with Gasteiger partial charge in [-0.05, 0) is 147 Å². The maximum atomic E-state index is 5.67. The molecule has 8 aliphatic carbocycles. The molecule has 9 atom stereocenters. The maximum Gasteiger partial charge on any atom is 4.00 e. The van der Waals surface area contributed by atoms with Crippen LogP contribution >= 0.6 is 53.6 Å². The van der Waals surface area contributed by atoms with Gasteiger partial charge in [0.15, 0.2) is 0 Å². The van der Waals surface area contributed by atoms with Crippen LogP contribution in [0.3, 0.4) is 0 Å². The molecule has 0 radical (unpaired) electrons. The number of allylic oxidation sites excluding steroid dienone is 18. The SMILES string of the molecule is C=CCC1=CCc2ccccc21.C=CCC1CCC2C=CC=CC21.C=CCC1CCC2C=CC=CC21.C=CCC1CCC2C=CC=CC21.CCCCC1CCCC1.C[N-]C.C[N-]C.C[N-]C.C[N-]C.C[N-]C.C[N-]C.C[N-]C.C[Si](C)(C)Cl.[CH3-].[CH3-].[CH3-].[CH3-].[Cl][Zr+2][Cl].[Cl][Zr]([Cl])[Cl].[Zr+4].[Zr+4]. The molecule has 0 saturated heterocycles. The van der Waals surface area contributed by atoms with E-state index in [1.807, 2.05) is 6.08 Å². The van der Waals surface area contributed by atoms with E-state index in [9.17, 15) is 0 Å². The zero-order chi connectivity index (χ0) is 69.8. The zero-order valence-corrected chi connectivity index (χ0v) is 80.2. The van der Waals surface area contributed by atoms with Crippen molar-refractivity contribution in [2.24, 2.45) is 59.2 Å². The van der Waals surface area contributed by atoms with Crippen LogP contribution in [0.5, 0.6) is 0 Å². The second-order valence-electron chi connectivity index (χ2n) is 23.5. The number of halogens is 6. The predicted molar refractivity (Wildman–Crippen MR) is 443 cm³/mol. The Morgan fingerprint density at radius 2 is 0.760 bits per heavy atom. The fourth-order valence-electron chi connectivity index (χ4n) is 11.2. The molecule has 1 aromatic carbocycles. The van der Waals surface area contributed by atoms with Crippen molar-refractivity contribution >= 4 is 66.6 Å². The van der Waals surface area contributed by atoms with Crippen molar-refractivity contribution in [3.8, 4) is 0 Å². The summed E-state index contributed by atoms with van der Waals surface area (Å²) in [6.45, 7) is 23.8. The molecule has 18 heteroatoms. The fourth-order valence-corrected chi connectivity index (χ4v) is 11.2. The third-order valence-electron chi connectivity index (χ3n) is 14.3. The number of benzene rings is 1. The smallest absolute Gasteiger partial charge is 4.00 e. The summed E-state index contributed by atoms with van der Waals surface area (Å²) < 4.78 is 0. The molecule has 9 rings (SSSR count). The van der Waals surface area contributed by atoms with Gasteiger partial charge in [0.2, 0.25) is 0 Å². The van der Waals surface area contributed by atoms with Gasteiger partial charge in [-0.3, -0.25) is 0 Å². The Morgan fingerprint density at radius 3 is 1.02 bits per heavy atom. The Labute approximate surface area is 681 Å². The average molecular weight is 1780 g/mol. The van der Waals surface area contributed by atoms with E-state index in [0.717, 1.165) is 72.0 Å². The summed E-state index contributed by atoms with van der Waals surface area (Å²) in [6, 6.07) is 8.59. The largest absolute Gasteiger partial charge is 4.00 e. The Balaban J connectivity index is -0.0000000816. The average Bonchev–Trinajstić information content (AvgIpc) is 1.80. The first-order valence-corrected chi connectivity index (χ1v) is 52.6. The summed E-state index contributed by atoms with van der Waals surface area (Å²) in [5, 5.41) is 24.5. The van der Waals surface area contributed by atoms with E-state index in [4.69, 9.17) is 53.6 Å². The van der Waals surface area contributed by atoms with Gasteiger partial charge in [-0.2, -0.15) is 110 Å². The minimum atomic E-state index is -2.13. The summed E-state index contributed by atoms with van der Waals surface area (Å²) in [5.74, 6) is 8.66. The van der Waals surface area contributed by atoms with Gasteiger partial charge in [0.1, 0.15) is 7.38 Å². The van der Waals surface area contributed by atoms with E-state index in [2.05, 4.69) is 212 Å². The molecule has 1 aromatic rings. The number of unbranched alkanes of at least 4 members (excludes halogenated alkanes) is 1. The molecule has 0 bridgehead atoms. The second kappa shape index (κ2) is 94.6. The van der Waals surface area contributed by atoms with Gasteiger partial charge in [-0.15, -0.1) is 26.3 Å². The molecule has 7 nitrogen and oxygen atoms in total. The molecule has 4 fully saturated rings. The van der Waals surface area contributed by atoms with Crippen LogP contribution < -0.4 is 0 Å². The first-order chi connectivity index (χ1) is 43.1. The molecule has 551 valence electrons. The fraction of sp³-hybridized carbons (Fsp3) is 0.590. The Kier molecular flexibility index (Phi) is 122. The van der Waals surface area contributed by atoms with E-state index in [1.54, 1.807) is 98.7 Å².